The summed E-state index contributed by atoms with van der Waals surface area (Å²) < 4.78 is 5.20. The van der Waals surface area contributed by atoms with Gasteiger partial charge in [0.25, 0.3) is 5.91 Å². The average molecular weight is 456 g/mol. The van der Waals surface area contributed by atoms with Crippen LogP contribution in [-0.4, -0.2) is 42.3 Å². The van der Waals surface area contributed by atoms with Gasteiger partial charge in [-0.3, -0.25) is 4.79 Å². The molecule has 1 aromatic heterocycles. The van der Waals surface area contributed by atoms with Crippen molar-refractivity contribution < 1.29 is 9.53 Å². The van der Waals surface area contributed by atoms with E-state index in [9.17, 15) is 4.79 Å². The first-order valence-electron chi connectivity index (χ1n) is 11.4. The van der Waals surface area contributed by atoms with E-state index >= 15 is 0 Å². The molecule has 1 amide bonds. The van der Waals surface area contributed by atoms with Crippen LogP contribution in [0, 0.1) is 0 Å². The molecule has 0 atom stereocenters. The van der Waals surface area contributed by atoms with Crippen molar-refractivity contribution >= 4 is 28.8 Å². The lowest BCUT2D eigenvalue weighted by atomic mass is 10.1. The highest BCUT2D eigenvalue weighted by molar-refractivity contribution is 5.97. The Bertz CT molecular complexity index is 1270. The van der Waals surface area contributed by atoms with Gasteiger partial charge in [0.15, 0.2) is 0 Å². The number of hydrazone groups is 1. The zero-order chi connectivity index (χ0) is 23.9. The Labute approximate surface area is 199 Å². The number of aromatic nitrogens is 2. The lowest BCUT2D eigenvalue weighted by molar-refractivity contribution is 0.0955. The Kier molecular flexibility index (Phi) is 7.22. The van der Waals surface area contributed by atoms with Crippen molar-refractivity contribution in [1.29, 1.82) is 0 Å². The van der Waals surface area contributed by atoms with Gasteiger partial charge >= 0.3 is 0 Å². The fourth-order valence-electron chi connectivity index (χ4n) is 3.81. The molecule has 0 aliphatic carbocycles. The standard InChI is InChI=1S/C27H29N5O2/c1-4-32(5-2)22-11-6-20(7-12-22)18-28-31-27(33)21-10-15-24-25(17-21)30-26(29-24)16-19-8-13-23(34-3)14-9-19/h6-15,17-18H,4-5,16H2,1-3H3,(H,29,30)(H,31,33)/b28-18-. The maximum Gasteiger partial charge on any atom is 0.271 e. The molecule has 2 N–H and O–H groups in total. The van der Waals surface area contributed by atoms with Gasteiger partial charge in [0.05, 0.1) is 24.4 Å². The maximum atomic E-state index is 12.6. The minimum absolute atomic E-state index is 0.274. The Morgan fingerprint density at radius 3 is 2.47 bits per heavy atom. The second kappa shape index (κ2) is 10.7. The van der Waals surface area contributed by atoms with Crippen molar-refractivity contribution in [1.82, 2.24) is 15.4 Å². The molecule has 0 fully saturated rings. The van der Waals surface area contributed by atoms with Crippen LogP contribution < -0.4 is 15.1 Å². The molecule has 7 nitrogen and oxygen atoms in total. The van der Waals surface area contributed by atoms with Crippen molar-refractivity contribution in [2.75, 3.05) is 25.1 Å². The second-order valence-corrected chi connectivity index (χ2v) is 7.90. The largest absolute Gasteiger partial charge is 0.497 e. The first kappa shape index (κ1) is 23.0. The minimum Gasteiger partial charge on any atom is -0.497 e. The second-order valence-electron chi connectivity index (χ2n) is 7.90. The summed E-state index contributed by atoms with van der Waals surface area (Å²) in [6, 6.07) is 21.4. The molecule has 0 saturated heterocycles. The quantitative estimate of drug-likeness (QED) is 0.281. The van der Waals surface area contributed by atoms with Gasteiger partial charge in [0.2, 0.25) is 0 Å². The number of nitrogens with zero attached hydrogens (tertiary/aromatic N) is 3. The third kappa shape index (κ3) is 5.43. The van der Waals surface area contributed by atoms with Crippen LogP contribution in [0.2, 0.25) is 0 Å². The molecule has 7 heteroatoms. The number of methoxy groups -OCH3 is 1. The number of benzene rings is 3. The SMILES string of the molecule is CCN(CC)c1ccc(/C=N\NC(=O)c2ccc3nc(Cc4ccc(OC)cc4)[nH]c3c2)cc1. The topological polar surface area (TPSA) is 82.6 Å². The number of H-pyrrole nitrogens is 1. The number of rotatable bonds is 9. The number of ether oxygens (including phenoxy) is 1. The highest BCUT2D eigenvalue weighted by atomic mass is 16.5. The molecule has 34 heavy (non-hydrogen) atoms. The number of aromatic amines is 1. The Morgan fingerprint density at radius 2 is 1.79 bits per heavy atom. The van der Waals surface area contributed by atoms with E-state index in [4.69, 9.17) is 4.74 Å². The summed E-state index contributed by atoms with van der Waals surface area (Å²) in [5.41, 5.74) is 7.96. The van der Waals surface area contributed by atoms with Crippen LogP contribution in [0.25, 0.3) is 11.0 Å². The predicted molar refractivity (Wildman–Crippen MR) is 137 cm³/mol. The molecular formula is C27H29N5O2. The zero-order valence-corrected chi connectivity index (χ0v) is 19.7. The third-order valence-corrected chi connectivity index (χ3v) is 5.73. The van der Waals surface area contributed by atoms with E-state index in [0.717, 1.165) is 46.8 Å². The Hall–Kier alpha value is -4.13. The van der Waals surface area contributed by atoms with Crippen LogP contribution in [0.4, 0.5) is 5.69 Å². The summed E-state index contributed by atoms with van der Waals surface area (Å²) in [5, 5.41) is 4.11. The Balaban J connectivity index is 1.39. The molecule has 4 rings (SSSR count). The van der Waals surface area contributed by atoms with E-state index in [-0.39, 0.29) is 5.91 Å². The van der Waals surface area contributed by atoms with Gasteiger partial charge in [0.1, 0.15) is 11.6 Å². The van der Waals surface area contributed by atoms with Crippen molar-refractivity contribution in [2.24, 2.45) is 5.10 Å². The maximum absolute atomic E-state index is 12.6. The number of hydrogen-bond acceptors (Lipinski definition) is 5. The van der Waals surface area contributed by atoms with Gasteiger partial charge in [-0.1, -0.05) is 24.3 Å². The summed E-state index contributed by atoms with van der Waals surface area (Å²) in [6.45, 7) is 6.20. The lowest BCUT2D eigenvalue weighted by Gasteiger charge is -2.20. The van der Waals surface area contributed by atoms with Crippen LogP contribution in [0.15, 0.2) is 71.8 Å². The van der Waals surface area contributed by atoms with Crippen LogP contribution in [0.1, 0.15) is 41.2 Å². The monoisotopic (exact) mass is 455 g/mol. The van der Waals surface area contributed by atoms with Crippen molar-refractivity contribution in [3.8, 4) is 5.75 Å². The summed E-state index contributed by atoms with van der Waals surface area (Å²) in [7, 11) is 1.65. The van der Waals surface area contributed by atoms with E-state index in [0.29, 0.717) is 12.0 Å². The van der Waals surface area contributed by atoms with Crippen LogP contribution in [-0.2, 0) is 6.42 Å². The van der Waals surface area contributed by atoms with E-state index in [2.05, 4.69) is 51.4 Å². The number of anilines is 1. The van der Waals surface area contributed by atoms with Crippen LogP contribution >= 0.6 is 0 Å². The Morgan fingerprint density at radius 1 is 1.06 bits per heavy atom. The molecule has 0 bridgehead atoms. The van der Waals surface area contributed by atoms with Crippen LogP contribution in [0.5, 0.6) is 5.75 Å². The number of carbonyl (C=O) groups is 1. The van der Waals surface area contributed by atoms with Crippen molar-refractivity contribution in [2.45, 2.75) is 20.3 Å². The average Bonchev–Trinajstić information content (AvgIpc) is 3.27. The highest BCUT2D eigenvalue weighted by Crippen LogP contribution is 2.18. The number of imidazole rings is 1. The van der Waals surface area contributed by atoms with E-state index in [1.165, 1.54) is 5.69 Å². The van der Waals surface area contributed by atoms with Gasteiger partial charge in [-0.25, -0.2) is 10.4 Å². The molecule has 4 aromatic rings. The van der Waals surface area contributed by atoms with Gasteiger partial charge in [-0.2, -0.15) is 5.10 Å². The molecule has 1 heterocycles. The van der Waals surface area contributed by atoms with Crippen molar-refractivity contribution in [3.63, 3.8) is 0 Å². The fraction of sp³-hybridized carbons (Fsp3) is 0.222. The molecular weight excluding hydrogens is 426 g/mol. The minimum atomic E-state index is -0.274. The van der Waals surface area contributed by atoms with E-state index in [1.54, 1.807) is 25.5 Å². The first-order chi connectivity index (χ1) is 16.6. The molecule has 0 aliphatic rings. The summed E-state index contributed by atoms with van der Waals surface area (Å²) in [4.78, 5) is 22.8. The van der Waals surface area contributed by atoms with Gasteiger partial charge in [0, 0.05) is 30.8 Å². The number of amides is 1. The summed E-state index contributed by atoms with van der Waals surface area (Å²) in [5.74, 6) is 1.39. The van der Waals surface area contributed by atoms with Gasteiger partial charge < -0.3 is 14.6 Å². The molecule has 0 spiro atoms. The third-order valence-electron chi connectivity index (χ3n) is 5.73. The lowest BCUT2D eigenvalue weighted by Crippen LogP contribution is -2.21. The molecule has 0 saturated carbocycles. The number of hydrogen-bond donors (Lipinski definition) is 2. The van der Waals surface area contributed by atoms with Crippen molar-refractivity contribution in [3.05, 3.63) is 89.2 Å². The fourth-order valence-corrected chi connectivity index (χ4v) is 3.81. The van der Waals surface area contributed by atoms with Crippen LogP contribution in [0.3, 0.4) is 0 Å². The molecule has 0 aliphatic heterocycles. The summed E-state index contributed by atoms with van der Waals surface area (Å²) in [6.07, 6.45) is 2.31. The first-order valence-corrected chi connectivity index (χ1v) is 11.4. The smallest absolute Gasteiger partial charge is 0.271 e. The number of nitrogens with one attached hydrogen (secondary N) is 2. The van der Waals surface area contributed by atoms with E-state index < -0.39 is 0 Å². The molecule has 3 aromatic carbocycles. The zero-order valence-electron chi connectivity index (χ0n) is 19.7. The van der Waals surface area contributed by atoms with Gasteiger partial charge in [-0.15, -0.1) is 0 Å². The van der Waals surface area contributed by atoms with Gasteiger partial charge in [-0.05, 0) is 67.4 Å². The highest BCUT2D eigenvalue weighted by Gasteiger charge is 2.09. The molecule has 0 radical (unpaired) electrons. The van der Waals surface area contributed by atoms with E-state index in [1.807, 2.05) is 42.5 Å². The normalized spacial score (nSPS) is 11.1. The predicted octanol–water partition coefficient (Wildman–Crippen LogP) is 4.77. The molecule has 174 valence electrons. The number of fused-ring (bicyclic) bond motifs is 1. The molecule has 0 unspecified atom stereocenters. The number of carbonyl (C=O) groups excluding carboxylic acids is 1. The summed E-state index contributed by atoms with van der Waals surface area (Å²) >= 11 is 0.